The number of rotatable bonds is 8. The van der Waals surface area contributed by atoms with Crippen molar-refractivity contribution >= 4 is 45.4 Å². The van der Waals surface area contributed by atoms with Gasteiger partial charge in [0.1, 0.15) is 28.4 Å². The second-order valence-corrected chi connectivity index (χ2v) is 26.8. The molecule has 434 valence electrons. The molecule has 15 aliphatic rings. The summed E-state index contributed by atoms with van der Waals surface area (Å²) in [5.74, 6) is 3.42. The Labute approximate surface area is 477 Å². The molecule has 3 N–H and O–H groups in total. The summed E-state index contributed by atoms with van der Waals surface area (Å²) in [5.41, 5.74) is 0.485. The summed E-state index contributed by atoms with van der Waals surface area (Å²) < 4.78 is 28.7. The number of allylic oxidation sites excluding steroid dienone is 1. The maximum atomic E-state index is 11.7. The SMILES string of the molecule is COC1(c2c(Cl)c(O)cc3oc(=O)ccc23)OOC12C1CC3CC(C1)CC2C3.COC1(c2cc(O)cc3oc(=O)ccc23)OOC12C1CC3CC(C1)CC2C3.COC1(c2ccc(/C=C/C(C)=O)c(O)c2)OOC12C1CC3CC(C1)CC2C3. The van der Waals surface area contributed by atoms with E-state index in [1.807, 2.05) is 6.07 Å². The van der Waals surface area contributed by atoms with Gasteiger partial charge in [0.25, 0.3) is 17.4 Å². The molecule has 17 nitrogen and oxygen atoms in total. The van der Waals surface area contributed by atoms with Gasteiger partial charge in [-0.05, 0) is 211 Å². The summed E-state index contributed by atoms with van der Waals surface area (Å²) in [6.07, 6.45) is 20.7. The maximum absolute atomic E-state index is 11.7. The first-order valence-corrected chi connectivity index (χ1v) is 29.9. The largest absolute Gasteiger partial charge is 0.508 e. The van der Waals surface area contributed by atoms with Crippen LogP contribution < -0.4 is 11.3 Å². The molecule has 2 aromatic heterocycles. The van der Waals surface area contributed by atoms with Gasteiger partial charge in [-0.15, -0.1) is 0 Å². The Balaban J connectivity index is 0.000000105. The number of hydrogen-bond donors (Lipinski definition) is 3. The van der Waals surface area contributed by atoms with Crippen molar-refractivity contribution in [1.29, 1.82) is 0 Å². The molecule has 0 amide bonds. The zero-order valence-electron chi connectivity index (χ0n) is 46.4. The highest BCUT2D eigenvalue weighted by atomic mass is 35.5. The van der Waals surface area contributed by atoms with Crippen LogP contribution in [0.1, 0.15) is 125 Å². The molecule has 20 rings (SSSR count). The minimum atomic E-state index is -1.25. The van der Waals surface area contributed by atoms with Gasteiger partial charge in [0.2, 0.25) is 0 Å². The van der Waals surface area contributed by atoms with Gasteiger partial charge in [-0.2, -0.15) is 14.7 Å². The number of hydrogen-bond acceptors (Lipinski definition) is 17. The minimum Gasteiger partial charge on any atom is -0.508 e. The first-order valence-electron chi connectivity index (χ1n) is 29.5. The van der Waals surface area contributed by atoms with Gasteiger partial charge in [0, 0.05) is 73.1 Å². The van der Waals surface area contributed by atoms with Crippen molar-refractivity contribution in [1.82, 2.24) is 0 Å². The molecule has 15 fully saturated rings. The van der Waals surface area contributed by atoms with Crippen LogP contribution >= 0.6 is 11.6 Å². The molecular weight excluding hydrogens is 1080 g/mol. The average Bonchev–Trinajstić information content (AvgIpc) is 0.790. The quantitative estimate of drug-likeness (QED) is 0.0747. The van der Waals surface area contributed by atoms with Crippen molar-refractivity contribution in [2.45, 2.75) is 137 Å². The Hall–Kier alpha value is -5.18. The van der Waals surface area contributed by atoms with Gasteiger partial charge < -0.3 is 38.4 Å². The van der Waals surface area contributed by atoms with E-state index >= 15 is 0 Å². The van der Waals surface area contributed by atoms with Crippen molar-refractivity contribution in [3.63, 3.8) is 0 Å². The van der Waals surface area contributed by atoms with E-state index in [-0.39, 0.29) is 33.6 Å². The zero-order valence-corrected chi connectivity index (χ0v) is 47.2. The average molecular weight is 1150 g/mol. The van der Waals surface area contributed by atoms with Crippen LogP contribution in [-0.4, -0.2) is 59.2 Å². The van der Waals surface area contributed by atoms with Crippen molar-refractivity contribution in [2.75, 3.05) is 21.3 Å². The summed E-state index contributed by atoms with van der Waals surface area (Å²) in [4.78, 5) is 69.7. The fraction of sp³-hybridized carbons (Fsp3) is 0.578. The number of phenols is 3. The van der Waals surface area contributed by atoms with Crippen LogP contribution in [0.3, 0.4) is 0 Å². The number of ketones is 1. The molecule has 3 aromatic carbocycles. The van der Waals surface area contributed by atoms with Crippen LogP contribution in [0.5, 0.6) is 17.2 Å². The van der Waals surface area contributed by atoms with E-state index in [4.69, 9.17) is 64.0 Å². The molecule has 12 saturated carbocycles. The van der Waals surface area contributed by atoms with Crippen LogP contribution in [-0.2, 0) is 65.7 Å². The van der Waals surface area contributed by atoms with E-state index in [1.165, 1.54) is 82.2 Å². The molecule has 82 heavy (non-hydrogen) atoms. The first-order chi connectivity index (χ1) is 39.5. The smallest absolute Gasteiger partial charge is 0.336 e. The summed E-state index contributed by atoms with van der Waals surface area (Å²) >= 11 is 6.60. The predicted molar refractivity (Wildman–Crippen MR) is 293 cm³/mol. The van der Waals surface area contributed by atoms with Gasteiger partial charge in [-0.25, -0.2) is 24.3 Å². The normalized spacial score (nSPS) is 41.6. The van der Waals surface area contributed by atoms with Crippen molar-refractivity contribution in [2.24, 2.45) is 71.0 Å². The summed E-state index contributed by atoms with van der Waals surface area (Å²) in [6.45, 7) is 1.48. The van der Waals surface area contributed by atoms with Gasteiger partial charge in [-0.3, -0.25) is 4.79 Å². The Morgan fingerprint density at radius 3 is 1.35 bits per heavy atom. The zero-order chi connectivity index (χ0) is 56.5. The lowest BCUT2D eigenvalue weighted by Gasteiger charge is -2.68. The lowest BCUT2D eigenvalue weighted by Crippen LogP contribution is -2.76. The molecule has 3 spiro atoms. The van der Waals surface area contributed by atoms with E-state index in [2.05, 4.69) is 0 Å². The Bertz CT molecular complexity index is 3490. The Kier molecular flexibility index (Phi) is 12.3. The molecule has 3 unspecified atom stereocenters. The standard InChI is InChI=1S/C22H26O5.C21H21ClO6.C21H22O6/c1-13(23)3-4-16-5-6-17(12-20(16)24)22(25-2)21(26-27-22)18-8-14-7-15(10-18)11-19(21)9-14;1-25-21(18-14-2-3-17(24)26-16(14)9-15(23)19(18)22)20(27-28-21)12-5-10-4-11(7-12)8-13(20)6-10;1-24-21(17-9-15(22)10-18-16(17)2-3-19(23)25-18)20(26-27-21)13-5-11-4-12(7-13)8-14(20)6-11/h3-6,12,14-15,18-19,24H,7-11H2,1-2H3;2-3,9-13,23H,4-8H2,1H3;2-3,9-14,22H,4-8H2,1H3/b4-3+;;. The Morgan fingerprint density at radius 2 is 0.939 bits per heavy atom. The topological polar surface area (TPSA) is 221 Å². The fourth-order valence-electron chi connectivity index (χ4n) is 20.0. The number of aromatic hydroxyl groups is 3. The third kappa shape index (κ3) is 7.21. The van der Waals surface area contributed by atoms with Crippen LogP contribution in [0.15, 0.2) is 85.2 Å². The summed E-state index contributed by atoms with van der Waals surface area (Å²) in [7, 11) is 4.88. The molecule has 3 saturated heterocycles. The highest BCUT2D eigenvalue weighted by molar-refractivity contribution is 6.34. The second kappa shape index (κ2) is 18.9. The van der Waals surface area contributed by atoms with Gasteiger partial charge in [0.05, 0.1) is 10.6 Å². The Morgan fingerprint density at radius 1 is 0.512 bits per heavy atom. The maximum Gasteiger partial charge on any atom is 0.336 e. The van der Waals surface area contributed by atoms with Crippen molar-refractivity contribution < 1.29 is 72.5 Å². The third-order valence-electron chi connectivity index (χ3n) is 22.5. The highest BCUT2D eigenvalue weighted by Crippen LogP contribution is 2.73. The molecule has 5 heterocycles. The monoisotopic (exact) mass is 1140 g/mol. The van der Waals surface area contributed by atoms with E-state index < -0.39 is 45.4 Å². The third-order valence-corrected chi connectivity index (χ3v) is 22.9. The lowest BCUT2D eigenvalue weighted by atomic mass is 9.47. The molecule has 0 radical (unpaired) electrons. The minimum absolute atomic E-state index is 0.0118. The van der Waals surface area contributed by atoms with Crippen molar-refractivity contribution in [3.8, 4) is 17.2 Å². The lowest BCUT2D eigenvalue weighted by molar-refractivity contribution is -0.645. The van der Waals surface area contributed by atoms with Crippen LogP contribution in [0.25, 0.3) is 28.0 Å². The van der Waals surface area contributed by atoms with Crippen molar-refractivity contribution in [3.05, 3.63) is 115 Å². The van der Waals surface area contributed by atoms with Crippen LogP contribution in [0.2, 0.25) is 5.02 Å². The molecule has 3 atom stereocenters. The van der Waals surface area contributed by atoms with Gasteiger partial charge in [0.15, 0.2) is 22.6 Å². The molecule has 18 heteroatoms. The summed E-state index contributed by atoms with van der Waals surface area (Å²) in [5, 5.41) is 32.7. The number of phenolic OH excluding ortho intramolecular Hbond substituents is 3. The number of halogens is 1. The fourth-order valence-corrected chi connectivity index (χ4v) is 20.3. The number of ether oxygens (including phenoxy) is 3. The number of methoxy groups -OCH3 is 3. The first kappa shape index (κ1) is 53.5. The summed E-state index contributed by atoms with van der Waals surface area (Å²) in [6, 6.07) is 16.0. The van der Waals surface area contributed by atoms with Gasteiger partial charge in [-0.1, -0.05) is 23.7 Å². The van der Waals surface area contributed by atoms with E-state index in [0.29, 0.717) is 68.6 Å². The molecular formula is C64H69ClO17. The number of benzene rings is 3. The van der Waals surface area contributed by atoms with Crippen LogP contribution in [0.4, 0.5) is 0 Å². The van der Waals surface area contributed by atoms with Crippen LogP contribution in [0, 0.1) is 71.0 Å². The van der Waals surface area contributed by atoms with E-state index in [0.717, 1.165) is 92.4 Å². The molecule has 3 aliphatic heterocycles. The molecule has 12 aliphatic carbocycles. The second-order valence-electron chi connectivity index (χ2n) is 26.4. The predicted octanol–water partition coefficient (Wildman–Crippen LogP) is 11.5. The van der Waals surface area contributed by atoms with E-state index in [1.54, 1.807) is 57.7 Å². The van der Waals surface area contributed by atoms with E-state index in [9.17, 15) is 29.7 Å². The number of carbonyl (C=O) groups excluding carboxylic acids is 1. The number of carbonyl (C=O) groups is 1. The molecule has 5 aromatic rings. The number of fused-ring (bicyclic) bond motifs is 2. The van der Waals surface area contributed by atoms with Gasteiger partial charge >= 0.3 is 11.3 Å². The highest BCUT2D eigenvalue weighted by Gasteiger charge is 2.80. The molecule has 12 bridgehead atoms.